The number of hydrogen-bond acceptors (Lipinski definition) is 28. The van der Waals surface area contributed by atoms with Crippen molar-refractivity contribution in [1.29, 1.82) is 0 Å². The highest BCUT2D eigenvalue weighted by atomic mass is 32.1. The average molecular weight is 2140 g/mol. The summed E-state index contributed by atoms with van der Waals surface area (Å²) in [4.78, 5) is 46.6. The molecule has 0 atom stereocenters. The fourth-order valence-corrected chi connectivity index (χ4v) is 15.6. The summed E-state index contributed by atoms with van der Waals surface area (Å²) in [6, 6.07) is 10.5. The Balaban J connectivity index is 0.000000549. The third kappa shape index (κ3) is 49.4. The second kappa shape index (κ2) is 68.9. The van der Waals surface area contributed by atoms with Crippen LogP contribution in [0.3, 0.4) is 0 Å². The van der Waals surface area contributed by atoms with Gasteiger partial charge in [-0.05, 0) is 157 Å². The number of nitrogens with zero attached hydrogens (tertiary/aromatic N) is 28. The van der Waals surface area contributed by atoms with Crippen molar-refractivity contribution >= 4 is 56.4 Å². The summed E-state index contributed by atoms with van der Waals surface area (Å²) in [5, 5.41) is 58.9. The molecule has 1 aromatic carbocycles. The number of thiazole rings is 2. The maximum Gasteiger partial charge on any atom is 0.219 e. The summed E-state index contributed by atoms with van der Waals surface area (Å²) in [6.45, 7) is 111. The average Bonchev–Trinajstić information content (AvgIpc) is 1.64. The first-order valence-electron chi connectivity index (χ1n) is 54.9. The Morgan fingerprint density at radius 2 is 0.760 bits per heavy atom. The molecule has 0 spiro atoms. The van der Waals surface area contributed by atoms with Crippen molar-refractivity contribution in [2.75, 3.05) is 0 Å². The van der Waals surface area contributed by atoms with E-state index in [4.69, 9.17) is 9.52 Å². The Bertz CT molecular complexity index is 4870. The van der Waals surface area contributed by atoms with Crippen molar-refractivity contribution in [3.05, 3.63) is 214 Å². The van der Waals surface area contributed by atoms with E-state index < -0.39 is 0 Å². The van der Waals surface area contributed by atoms with Crippen LogP contribution in [0.1, 0.15) is 630 Å². The fraction of sp³-hybridized carbons (Fsp3) is 0.667. The van der Waals surface area contributed by atoms with Crippen molar-refractivity contribution in [3.8, 4) is 0 Å². The summed E-state index contributed by atoms with van der Waals surface area (Å²) < 4.78 is 17.5. The van der Waals surface area contributed by atoms with E-state index in [0.29, 0.717) is 154 Å². The quantitative estimate of drug-likeness (QED) is 0.0486. The van der Waals surface area contributed by atoms with Crippen LogP contribution in [0.25, 0.3) is 10.9 Å². The molecule has 0 bridgehead atoms. The zero-order valence-corrected chi connectivity index (χ0v) is 106. The molecule has 14 rings (SSSR count). The molecule has 150 heavy (non-hydrogen) atoms. The largest absolute Gasteiger partial charge is 0.425 e. The van der Waals surface area contributed by atoms with Gasteiger partial charge in [0, 0.05) is 149 Å². The van der Waals surface area contributed by atoms with E-state index in [1.54, 1.807) is 33.8 Å². The van der Waals surface area contributed by atoms with Crippen LogP contribution in [-0.4, -0.2) is 139 Å². The van der Waals surface area contributed by atoms with Crippen LogP contribution in [0.15, 0.2) is 102 Å². The maximum absolute atomic E-state index is 5.38. The fourth-order valence-electron chi connectivity index (χ4n) is 12.1. The zero-order valence-electron chi connectivity index (χ0n) is 102. The summed E-state index contributed by atoms with van der Waals surface area (Å²) >= 11 is 6.86. The van der Waals surface area contributed by atoms with Crippen molar-refractivity contribution in [3.63, 3.8) is 0 Å². The van der Waals surface area contributed by atoms with Crippen molar-refractivity contribution in [2.45, 2.75) is 515 Å². The minimum Gasteiger partial charge on any atom is -0.425 e. The summed E-state index contributed by atoms with van der Waals surface area (Å²) in [5.41, 5.74) is 12.5. The van der Waals surface area contributed by atoms with Gasteiger partial charge in [0.05, 0.1) is 85.2 Å². The van der Waals surface area contributed by atoms with Gasteiger partial charge >= 0.3 is 0 Å². The summed E-state index contributed by atoms with van der Waals surface area (Å²) in [6.07, 6.45) is 20.8. The maximum atomic E-state index is 5.38. The van der Waals surface area contributed by atoms with Crippen molar-refractivity contribution in [2.24, 2.45) is 0 Å². The van der Waals surface area contributed by atoms with E-state index in [2.05, 4.69) is 477 Å². The Labute approximate surface area is 922 Å². The topological polar surface area (TPSA) is 334 Å². The molecule has 0 unspecified atom stereocenters. The lowest BCUT2D eigenvalue weighted by Crippen LogP contribution is -2.08. The second-order valence-corrected chi connectivity index (χ2v) is 49.5. The number of fused-ring (bicyclic) bond motifs is 1. The van der Waals surface area contributed by atoms with Gasteiger partial charge in [0.15, 0.2) is 5.82 Å². The molecule has 33 heteroatoms. The van der Waals surface area contributed by atoms with Crippen LogP contribution in [0.2, 0.25) is 0 Å². The van der Waals surface area contributed by atoms with Crippen LogP contribution in [0, 0.1) is 0 Å². The predicted molar refractivity (Wildman–Crippen MR) is 632 cm³/mol. The minimum atomic E-state index is 0.329. The van der Waals surface area contributed by atoms with Gasteiger partial charge < -0.3 is 4.42 Å². The molecule has 0 aliphatic carbocycles. The van der Waals surface area contributed by atoms with Gasteiger partial charge in [-0.25, -0.2) is 39.3 Å². The molecular formula is C117H198N28OS4. The van der Waals surface area contributed by atoms with E-state index in [9.17, 15) is 0 Å². The van der Waals surface area contributed by atoms with Gasteiger partial charge in [0.25, 0.3) is 0 Å². The Morgan fingerprint density at radius 1 is 0.287 bits per heavy atom. The molecular weight excluding hydrogens is 1940 g/mol. The van der Waals surface area contributed by atoms with Crippen molar-refractivity contribution in [1.82, 2.24) is 139 Å². The lowest BCUT2D eigenvalue weighted by Gasteiger charge is -2.10. The molecule has 14 aromatic rings. The molecule has 0 saturated heterocycles. The molecule has 0 aliphatic rings. The smallest absolute Gasteiger partial charge is 0.219 e. The SMILES string of the molecule is CC(C)c1cn(C(C)C)nn1.CC(C)c1cnc(C(C)C)cn1.CC(C)c1cnc(C(C)C)nc1.CC(C)c1cnc(C(C)C)s1.CC(C)c1cncc(C(C)C)n1.CC(C)c1cnn(C(C)C)n1.CC(C)c1cnnn1C(C)C.CC(C)c1csc(C(C)C)n1.CC(C)c1ncn(C(C)C)n1.CC(C)c1nn(C(C)C)c2ccccc12.CC(C)c1nnc(C(C)C)o1.CC(C)c1nnc(C(C)C)s1.CC(C)c1nsc(C(C)C)n1. The van der Waals surface area contributed by atoms with Gasteiger partial charge in [-0.15, -0.1) is 64.6 Å². The number of para-hydroxylation sites is 1. The molecule has 0 saturated carbocycles. The molecule has 836 valence electrons. The Morgan fingerprint density at radius 3 is 1.06 bits per heavy atom. The van der Waals surface area contributed by atoms with Gasteiger partial charge in [-0.1, -0.05) is 319 Å². The van der Waals surface area contributed by atoms with E-state index >= 15 is 0 Å². The molecule has 29 nitrogen and oxygen atoms in total. The molecule has 0 fully saturated rings. The first kappa shape index (κ1) is 136. The first-order valence-corrected chi connectivity index (χ1v) is 58.2. The number of hydrogen-bond donors (Lipinski definition) is 0. The Kier molecular flexibility index (Phi) is 62.5. The highest BCUT2D eigenvalue weighted by Gasteiger charge is 2.20. The molecule has 0 radical (unpaired) electrons. The lowest BCUT2D eigenvalue weighted by atomic mass is 10.1. The van der Waals surface area contributed by atoms with E-state index in [0.717, 1.165) is 78.4 Å². The number of aromatic nitrogens is 28. The third-order valence-corrected chi connectivity index (χ3v) is 27.7. The van der Waals surface area contributed by atoms with Gasteiger partial charge in [-0.3, -0.25) is 29.3 Å². The zero-order chi connectivity index (χ0) is 114. The number of rotatable bonds is 26. The van der Waals surface area contributed by atoms with Crippen LogP contribution in [-0.2, 0) is 0 Å². The highest BCUT2D eigenvalue weighted by Crippen LogP contribution is 2.32. The summed E-state index contributed by atoms with van der Waals surface area (Å²) in [7, 11) is 0. The van der Waals surface area contributed by atoms with Crippen LogP contribution in [0.4, 0.5) is 0 Å². The van der Waals surface area contributed by atoms with Gasteiger partial charge in [0.2, 0.25) is 11.8 Å². The standard InChI is InChI=1S/C13H18N2.3C10H16N2.2C9H15NS.4C8H15N3.C8H14N2O.2C8H14N2S/c1-9(2)13-11-7-5-6-8-12(11)15(14-13)10(3)4;1-7(2)9-5-12-10(6-11-9)8(3)4;1-7(2)9-5-11-6-10(12-9)8(3)4;1-7(2)9-5-11-10(8(3)4)12-6-9;1-6(2)8-5-11-9(10-8)7(3)4;1-6(2)8-5-10-9(11-8)7(3)4;1-6(2)8-9-5-11(10-8)7(3)4;1-6(2)8-5-11(7(3)4)10-9-8;1-6(2)8-5-9-10-11(8)7(3)4;1-6(2)8-5-9-11(10-8)7(3)4;2*1-5(2)7-9-10-8(11-7)6(3)4;1-5(2)7-9-8(6(3)4)11-10-7/h5-10H,1-4H3;3*5-8H,1-4H3;6*5-7H,1-4H3;3*5-6H,1-4H3. The van der Waals surface area contributed by atoms with Gasteiger partial charge in [0.1, 0.15) is 33.0 Å². The predicted octanol–water partition coefficient (Wildman–Crippen LogP) is 34.5. The lowest BCUT2D eigenvalue weighted by molar-refractivity contribution is 0.417. The van der Waals surface area contributed by atoms with E-state index in [1.807, 2.05) is 115 Å². The second-order valence-electron chi connectivity index (χ2n) is 45.7. The molecule has 0 aliphatic heterocycles. The first-order chi connectivity index (χ1) is 69.9. The molecule has 13 aromatic heterocycles. The minimum absolute atomic E-state index is 0.329. The van der Waals surface area contributed by atoms with Crippen LogP contribution < -0.4 is 0 Å². The van der Waals surface area contributed by atoms with Crippen LogP contribution >= 0.6 is 45.5 Å². The normalized spacial score (nSPS) is 11.4. The molecule has 13 heterocycles. The van der Waals surface area contributed by atoms with Gasteiger partial charge in [-0.2, -0.15) is 29.6 Å². The van der Waals surface area contributed by atoms with E-state index in [-0.39, 0.29) is 0 Å². The third-order valence-electron chi connectivity index (χ3n) is 22.4. The van der Waals surface area contributed by atoms with Crippen LogP contribution in [0.5, 0.6) is 0 Å². The highest BCUT2D eigenvalue weighted by molar-refractivity contribution is 7.12. The Hall–Kier alpha value is -9.99. The molecule has 0 N–H and O–H groups in total. The number of benzene rings is 1. The molecule has 0 amide bonds. The summed E-state index contributed by atoms with van der Waals surface area (Å²) in [5.74, 6) is 14.5. The monoisotopic (exact) mass is 2140 g/mol. The van der Waals surface area contributed by atoms with Crippen molar-refractivity contribution < 1.29 is 4.42 Å². The van der Waals surface area contributed by atoms with E-state index in [1.165, 1.54) is 60.0 Å².